The van der Waals surface area contributed by atoms with E-state index in [1.807, 2.05) is 0 Å². The number of ether oxygens (including phenoxy) is 1. The predicted molar refractivity (Wildman–Crippen MR) is 85.3 cm³/mol. The summed E-state index contributed by atoms with van der Waals surface area (Å²) in [5.41, 5.74) is 0.0366. The van der Waals surface area contributed by atoms with Crippen LogP contribution >= 0.6 is 0 Å². The average molecular weight is 296 g/mol. The van der Waals surface area contributed by atoms with Gasteiger partial charge in [0.1, 0.15) is 0 Å². The smallest absolute Gasteiger partial charge is 0.306 e. The fourth-order valence-corrected chi connectivity index (χ4v) is 2.87. The van der Waals surface area contributed by atoms with Gasteiger partial charge in [0.2, 0.25) is 0 Å². The van der Waals surface area contributed by atoms with Crippen LogP contribution in [-0.2, 0) is 16.0 Å². The highest BCUT2D eigenvalue weighted by atomic mass is 16.5. The van der Waals surface area contributed by atoms with Gasteiger partial charge in [0.05, 0.1) is 18.5 Å². The maximum absolute atomic E-state index is 12.2. The normalized spacial score (nSPS) is 23.8. The van der Waals surface area contributed by atoms with Gasteiger partial charge in [-0.25, -0.2) is 0 Å². The Bertz CT molecular complexity index is 711. The molecule has 116 valence electrons. The maximum Gasteiger partial charge on any atom is 0.306 e. The van der Waals surface area contributed by atoms with E-state index in [2.05, 4.69) is 0 Å². The summed E-state index contributed by atoms with van der Waals surface area (Å²) >= 11 is 0. The zero-order chi connectivity index (χ0) is 21.3. The number of carbonyl (C=O) groups is 1. The van der Waals surface area contributed by atoms with Crippen molar-refractivity contribution in [2.75, 3.05) is 26.7 Å². The summed E-state index contributed by atoms with van der Waals surface area (Å²) in [6.45, 7) is 1.90. The Hall–Kier alpha value is -1.35. The van der Waals surface area contributed by atoms with Crippen LogP contribution in [0.1, 0.15) is 46.9 Å². The molecule has 0 bridgehead atoms. The summed E-state index contributed by atoms with van der Waals surface area (Å²) in [6.07, 6.45) is 1.12. The predicted octanol–water partition coefficient (Wildman–Crippen LogP) is 3.20. The molecule has 0 saturated carbocycles. The van der Waals surface area contributed by atoms with Crippen LogP contribution in [0.4, 0.5) is 0 Å². The van der Waals surface area contributed by atoms with Gasteiger partial charge >= 0.3 is 5.97 Å². The van der Waals surface area contributed by atoms with Crippen LogP contribution in [0.15, 0.2) is 24.2 Å². The van der Waals surface area contributed by atoms with Gasteiger partial charge in [-0.1, -0.05) is 29.7 Å². The van der Waals surface area contributed by atoms with Gasteiger partial charge in [-0.05, 0) is 64.2 Å². The van der Waals surface area contributed by atoms with Crippen LogP contribution in [0.3, 0.4) is 0 Å². The lowest BCUT2D eigenvalue weighted by molar-refractivity contribution is -0.146. The summed E-state index contributed by atoms with van der Waals surface area (Å²) in [6, 6.07) is -0.473. The van der Waals surface area contributed by atoms with E-state index in [1.165, 1.54) is 4.90 Å². The molecule has 21 heavy (non-hydrogen) atoms. The Morgan fingerprint density at radius 1 is 1.48 bits per heavy atom. The fourth-order valence-electron chi connectivity index (χ4n) is 2.87. The molecule has 1 fully saturated rings. The lowest BCUT2D eigenvalue weighted by Gasteiger charge is -2.40. The van der Waals surface area contributed by atoms with E-state index < -0.39 is 12.4 Å². The molecule has 0 spiro atoms. The second-order valence-electron chi connectivity index (χ2n) is 5.75. The zero-order valence-corrected chi connectivity index (χ0v) is 12.7. The first-order valence-corrected chi connectivity index (χ1v) is 7.38. The summed E-state index contributed by atoms with van der Waals surface area (Å²) in [4.78, 5) is 13.6. The summed E-state index contributed by atoms with van der Waals surface area (Å²) < 4.78 is 60.3. The Morgan fingerprint density at radius 2 is 2.24 bits per heavy atom. The molecule has 2 rings (SSSR count). The van der Waals surface area contributed by atoms with E-state index in [0.717, 1.165) is 0 Å². The molecule has 0 amide bonds. The molecule has 1 heterocycles. The fraction of sp³-hybridized carbons (Fsp3) is 0.611. The Morgan fingerprint density at radius 3 is 2.90 bits per heavy atom. The van der Waals surface area contributed by atoms with E-state index >= 15 is 0 Å². The van der Waals surface area contributed by atoms with E-state index in [-0.39, 0.29) is 62.7 Å². The minimum absolute atomic E-state index is 0.0486. The molecule has 3 nitrogen and oxygen atoms in total. The Kier molecular flexibility index (Phi) is 3.01. The molecule has 1 aliphatic heterocycles. The second kappa shape index (κ2) is 7.08. The highest BCUT2D eigenvalue weighted by molar-refractivity contribution is 5.70. The van der Waals surface area contributed by atoms with Gasteiger partial charge in [0.25, 0.3) is 0 Å². The minimum atomic E-state index is -2.20. The number of esters is 1. The van der Waals surface area contributed by atoms with Crippen molar-refractivity contribution >= 4 is 5.97 Å². The van der Waals surface area contributed by atoms with Crippen LogP contribution < -0.4 is 0 Å². The molecular weight excluding hydrogens is 262 g/mol. The molecule has 0 atom stereocenters. The van der Waals surface area contributed by atoms with Crippen molar-refractivity contribution < 1.29 is 19.1 Å². The third-order valence-corrected chi connectivity index (χ3v) is 4.00. The van der Waals surface area contributed by atoms with Gasteiger partial charge in [-0.3, -0.25) is 4.79 Å². The molecule has 0 N–H and O–H groups in total. The minimum Gasteiger partial charge on any atom is -0.466 e. The van der Waals surface area contributed by atoms with Crippen molar-refractivity contribution in [1.82, 2.24) is 4.90 Å². The number of likely N-dealkylation sites (tertiary alicyclic amines) is 1. The number of rotatable bonds is 5. The van der Waals surface area contributed by atoms with E-state index in [1.54, 1.807) is 13.8 Å². The Labute approximate surface area is 138 Å². The first-order valence-electron chi connectivity index (χ1n) is 10.9. The lowest BCUT2D eigenvalue weighted by atomic mass is 9.71. The summed E-state index contributed by atoms with van der Waals surface area (Å²) in [5.74, 6) is -0.386. The Balaban J connectivity index is 2.39. The number of nitrogens with zero attached hydrogens (tertiary/aromatic N) is 1. The lowest BCUT2D eigenvalue weighted by Crippen LogP contribution is -2.40. The van der Waals surface area contributed by atoms with E-state index in [9.17, 15) is 4.79 Å². The maximum atomic E-state index is 12.2. The average Bonchev–Trinajstić information content (AvgIpc) is 2.62. The largest absolute Gasteiger partial charge is 0.466 e. The number of carbonyl (C=O) groups excluding carboxylic acids is 1. The standard InChI is InChI=1S/C18H27NO2/c1-4-21-17(20)14-18(8-10-19(3)11-9-18)13-16-7-5-6-15(2)12-16/h5-7,12H,4,8-11,13-14H2,1-3H3/i3D3,5D,6D,7D,12D. The summed E-state index contributed by atoms with van der Waals surface area (Å²) in [5, 5.41) is 0. The zero-order valence-electron chi connectivity index (χ0n) is 19.7. The van der Waals surface area contributed by atoms with Gasteiger partial charge in [0.15, 0.2) is 0 Å². The first kappa shape index (κ1) is 8.94. The topological polar surface area (TPSA) is 29.5 Å². The van der Waals surface area contributed by atoms with Crippen molar-refractivity contribution in [3.63, 3.8) is 0 Å². The van der Waals surface area contributed by atoms with Crippen molar-refractivity contribution in [1.29, 1.82) is 0 Å². The molecule has 1 saturated heterocycles. The number of piperidine rings is 1. The van der Waals surface area contributed by atoms with Crippen molar-refractivity contribution in [3.05, 3.63) is 35.3 Å². The number of hydrogen-bond acceptors (Lipinski definition) is 3. The van der Waals surface area contributed by atoms with Crippen LogP contribution in [0.2, 0.25) is 0 Å². The molecule has 0 aliphatic carbocycles. The third kappa shape index (κ3) is 4.57. The van der Waals surface area contributed by atoms with Crippen LogP contribution in [0, 0.1) is 12.3 Å². The van der Waals surface area contributed by atoms with Gasteiger partial charge in [-0.15, -0.1) is 0 Å². The third-order valence-electron chi connectivity index (χ3n) is 4.00. The molecule has 0 radical (unpaired) electrons. The SMILES string of the molecule is [2H]c1c([2H])c(C)c([2H])c(CC2(CC(=O)OCC)CCN(C([2H])([2H])[2H])CC2)c1[2H]. The number of benzene rings is 1. The monoisotopic (exact) mass is 296 g/mol. The molecule has 0 aromatic heterocycles. The van der Waals surface area contributed by atoms with Crippen molar-refractivity contribution in [2.45, 2.75) is 39.5 Å². The molecular formula is C18H27NO2. The van der Waals surface area contributed by atoms with E-state index in [0.29, 0.717) is 24.0 Å². The summed E-state index contributed by atoms with van der Waals surface area (Å²) in [7, 11) is 0. The molecule has 1 aliphatic rings. The van der Waals surface area contributed by atoms with Gasteiger partial charge < -0.3 is 9.64 Å². The van der Waals surface area contributed by atoms with E-state index in [4.69, 9.17) is 14.3 Å². The van der Waals surface area contributed by atoms with Crippen LogP contribution in [0.5, 0.6) is 0 Å². The number of hydrogen-bond donors (Lipinski definition) is 0. The molecule has 0 unspecified atom stereocenters. The molecule has 3 heteroatoms. The van der Waals surface area contributed by atoms with Crippen molar-refractivity contribution in [2.24, 2.45) is 5.41 Å². The van der Waals surface area contributed by atoms with Crippen LogP contribution in [0.25, 0.3) is 0 Å². The quantitative estimate of drug-likeness (QED) is 0.782. The first-order chi connectivity index (χ1) is 12.9. The highest BCUT2D eigenvalue weighted by Gasteiger charge is 2.36. The molecule has 1 aromatic rings. The van der Waals surface area contributed by atoms with Gasteiger partial charge in [-0.2, -0.15) is 0 Å². The van der Waals surface area contributed by atoms with Gasteiger partial charge in [0, 0.05) is 4.11 Å². The van der Waals surface area contributed by atoms with Crippen molar-refractivity contribution in [3.8, 4) is 0 Å². The molecule has 1 aromatic carbocycles. The highest BCUT2D eigenvalue weighted by Crippen LogP contribution is 2.38. The second-order valence-corrected chi connectivity index (χ2v) is 5.75. The van der Waals surface area contributed by atoms with Crippen LogP contribution in [-0.4, -0.2) is 37.5 Å².